The first-order chi connectivity index (χ1) is 5.20. The molecule has 2 N–H and O–H groups in total. The summed E-state index contributed by atoms with van der Waals surface area (Å²) in [5.74, 6) is 0. The third kappa shape index (κ3) is 2.15. The van der Waals surface area contributed by atoms with Crippen LogP contribution in [0, 0.1) is 0 Å². The van der Waals surface area contributed by atoms with Gasteiger partial charge in [-0.25, -0.2) is 0 Å². The predicted molar refractivity (Wildman–Crippen MR) is 41.3 cm³/mol. The third-order valence-electron chi connectivity index (χ3n) is 2.49. The van der Waals surface area contributed by atoms with Crippen LogP contribution in [0.2, 0.25) is 0 Å². The summed E-state index contributed by atoms with van der Waals surface area (Å²) in [4.78, 5) is 0. The normalized spacial score (nSPS) is 39.0. The first-order valence-electron chi connectivity index (χ1n) is 4.06. The summed E-state index contributed by atoms with van der Waals surface area (Å²) in [5, 5.41) is 18.4. The Labute approximate surface area is 67.0 Å². The Morgan fingerprint density at radius 2 is 2.00 bits per heavy atom. The van der Waals surface area contributed by atoms with Gasteiger partial charge in [0.1, 0.15) is 0 Å². The molecule has 11 heavy (non-hydrogen) atoms. The molecule has 0 saturated heterocycles. The Balaban J connectivity index is 2.35. The lowest BCUT2D eigenvalue weighted by atomic mass is 9.84. The Hall–Kier alpha value is -0.120. The Morgan fingerprint density at radius 3 is 2.36 bits per heavy atom. The van der Waals surface area contributed by atoms with Crippen LogP contribution < -0.4 is 0 Å². The highest BCUT2D eigenvalue weighted by atomic mass is 16.5. The second-order valence-electron chi connectivity index (χ2n) is 3.32. The van der Waals surface area contributed by atoms with E-state index in [4.69, 9.17) is 9.84 Å². The highest BCUT2D eigenvalue weighted by molar-refractivity contribution is 4.84. The fraction of sp³-hybridized carbons (Fsp3) is 1.00. The Morgan fingerprint density at radius 1 is 1.45 bits per heavy atom. The van der Waals surface area contributed by atoms with Crippen molar-refractivity contribution in [1.29, 1.82) is 0 Å². The van der Waals surface area contributed by atoms with Crippen LogP contribution in [-0.2, 0) is 4.74 Å². The number of aliphatic hydroxyl groups is 2. The molecule has 0 amide bonds. The van der Waals surface area contributed by atoms with Crippen molar-refractivity contribution in [2.75, 3.05) is 13.7 Å². The fourth-order valence-electron chi connectivity index (χ4n) is 1.52. The molecule has 0 heterocycles. The van der Waals surface area contributed by atoms with Gasteiger partial charge in [0.2, 0.25) is 0 Å². The zero-order valence-electron chi connectivity index (χ0n) is 6.92. The SMILES string of the molecule is COC1CCC(O)(CO)CC1. The number of methoxy groups -OCH3 is 1. The molecule has 1 fully saturated rings. The standard InChI is InChI=1S/C8H16O3/c1-11-7-2-4-8(10,6-9)5-3-7/h7,9-10H,2-6H2,1H3. The molecule has 0 bridgehead atoms. The van der Waals surface area contributed by atoms with E-state index in [0.29, 0.717) is 12.8 Å². The van der Waals surface area contributed by atoms with Gasteiger partial charge in [-0.15, -0.1) is 0 Å². The molecule has 3 heteroatoms. The molecule has 66 valence electrons. The van der Waals surface area contributed by atoms with E-state index in [2.05, 4.69) is 0 Å². The smallest absolute Gasteiger partial charge is 0.0879 e. The van der Waals surface area contributed by atoms with E-state index in [-0.39, 0.29) is 12.7 Å². The van der Waals surface area contributed by atoms with Crippen molar-refractivity contribution < 1.29 is 14.9 Å². The Bertz CT molecular complexity index is 117. The van der Waals surface area contributed by atoms with Crippen LogP contribution in [0.4, 0.5) is 0 Å². The maximum absolute atomic E-state index is 9.59. The molecule has 1 aliphatic carbocycles. The van der Waals surface area contributed by atoms with Crippen LogP contribution in [0.15, 0.2) is 0 Å². The maximum atomic E-state index is 9.59. The monoisotopic (exact) mass is 160 g/mol. The number of aliphatic hydroxyl groups excluding tert-OH is 1. The van der Waals surface area contributed by atoms with E-state index in [1.165, 1.54) is 0 Å². The molecule has 0 aromatic rings. The summed E-state index contributed by atoms with van der Waals surface area (Å²) in [6.45, 7) is -0.122. The van der Waals surface area contributed by atoms with Crippen LogP contribution in [0.3, 0.4) is 0 Å². The Kier molecular flexibility index (Phi) is 2.87. The van der Waals surface area contributed by atoms with Gasteiger partial charge in [-0.2, -0.15) is 0 Å². The van der Waals surface area contributed by atoms with Crippen LogP contribution in [0.25, 0.3) is 0 Å². The molecule has 0 radical (unpaired) electrons. The topological polar surface area (TPSA) is 49.7 Å². The molecular weight excluding hydrogens is 144 g/mol. The quantitative estimate of drug-likeness (QED) is 0.610. The van der Waals surface area contributed by atoms with Gasteiger partial charge in [-0.05, 0) is 25.7 Å². The summed E-state index contributed by atoms with van der Waals surface area (Å²) < 4.78 is 5.14. The zero-order chi connectivity index (χ0) is 8.32. The highest BCUT2D eigenvalue weighted by Gasteiger charge is 2.32. The van der Waals surface area contributed by atoms with Crippen molar-refractivity contribution in [2.24, 2.45) is 0 Å². The lowest BCUT2D eigenvalue weighted by Crippen LogP contribution is -2.39. The second-order valence-corrected chi connectivity index (χ2v) is 3.32. The van der Waals surface area contributed by atoms with E-state index in [0.717, 1.165) is 12.8 Å². The first kappa shape index (κ1) is 8.97. The van der Waals surface area contributed by atoms with Crippen LogP contribution >= 0.6 is 0 Å². The molecule has 0 unspecified atom stereocenters. The molecule has 1 aliphatic rings. The van der Waals surface area contributed by atoms with Crippen molar-refractivity contribution in [3.05, 3.63) is 0 Å². The van der Waals surface area contributed by atoms with Crippen LogP contribution in [0.5, 0.6) is 0 Å². The molecule has 3 nitrogen and oxygen atoms in total. The lowest BCUT2D eigenvalue weighted by molar-refractivity contribution is -0.0730. The molecule has 0 aromatic heterocycles. The summed E-state index contributed by atoms with van der Waals surface area (Å²) in [6, 6.07) is 0. The van der Waals surface area contributed by atoms with E-state index >= 15 is 0 Å². The largest absolute Gasteiger partial charge is 0.393 e. The van der Waals surface area contributed by atoms with Gasteiger partial charge in [0.05, 0.1) is 18.3 Å². The fourth-order valence-corrected chi connectivity index (χ4v) is 1.52. The van der Waals surface area contributed by atoms with Gasteiger partial charge in [0.25, 0.3) is 0 Å². The van der Waals surface area contributed by atoms with Crippen molar-refractivity contribution in [3.8, 4) is 0 Å². The van der Waals surface area contributed by atoms with E-state index in [1.54, 1.807) is 7.11 Å². The van der Waals surface area contributed by atoms with Crippen molar-refractivity contribution in [1.82, 2.24) is 0 Å². The van der Waals surface area contributed by atoms with Crippen molar-refractivity contribution in [3.63, 3.8) is 0 Å². The molecule has 0 aromatic carbocycles. The minimum absolute atomic E-state index is 0.122. The molecule has 0 atom stereocenters. The van der Waals surface area contributed by atoms with Gasteiger partial charge in [-0.1, -0.05) is 0 Å². The number of rotatable bonds is 2. The van der Waals surface area contributed by atoms with Crippen LogP contribution in [0.1, 0.15) is 25.7 Å². The third-order valence-corrected chi connectivity index (χ3v) is 2.49. The number of hydrogen-bond donors (Lipinski definition) is 2. The number of ether oxygens (including phenoxy) is 1. The molecule has 0 aliphatic heterocycles. The van der Waals surface area contributed by atoms with E-state index in [1.807, 2.05) is 0 Å². The molecule has 1 saturated carbocycles. The van der Waals surface area contributed by atoms with Gasteiger partial charge in [0.15, 0.2) is 0 Å². The second kappa shape index (κ2) is 3.52. The van der Waals surface area contributed by atoms with E-state index in [9.17, 15) is 5.11 Å². The van der Waals surface area contributed by atoms with Gasteiger partial charge >= 0.3 is 0 Å². The minimum atomic E-state index is -0.824. The van der Waals surface area contributed by atoms with Crippen molar-refractivity contribution in [2.45, 2.75) is 37.4 Å². The summed E-state index contributed by atoms with van der Waals surface area (Å²) in [5.41, 5.74) is -0.824. The average molecular weight is 160 g/mol. The lowest BCUT2D eigenvalue weighted by Gasteiger charge is -2.33. The van der Waals surface area contributed by atoms with Gasteiger partial charge in [0, 0.05) is 7.11 Å². The highest BCUT2D eigenvalue weighted by Crippen LogP contribution is 2.28. The van der Waals surface area contributed by atoms with Crippen molar-refractivity contribution >= 4 is 0 Å². The van der Waals surface area contributed by atoms with Crippen LogP contribution in [-0.4, -0.2) is 35.6 Å². The van der Waals surface area contributed by atoms with E-state index < -0.39 is 5.60 Å². The van der Waals surface area contributed by atoms with Gasteiger partial charge < -0.3 is 14.9 Å². The zero-order valence-corrected chi connectivity index (χ0v) is 6.92. The summed E-state index contributed by atoms with van der Waals surface area (Å²) in [6.07, 6.45) is 3.30. The number of hydrogen-bond acceptors (Lipinski definition) is 3. The maximum Gasteiger partial charge on any atom is 0.0879 e. The minimum Gasteiger partial charge on any atom is -0.393 e. The summed E-state index contributed by atoms with van der Waals surface area (Å²) >= 11 is 0. The average Bonchev–Trinajstić information content (AvgIpc) is 2.06. The first-order valence-corrected chi connectivity index (χ1v) is 4.06. The van der Waals surface area contributed by atoms with Gasteiger partial charge in [-0.3, -0.25) is 0 Å². The molecule has 1 rings (SSSR count). The molecular formula is C8H16O3. The summed E-state index contributed by atoms with van der Waals surface area (Å²) in [7, 11) is 1.69. The molecule has 0 spiro atoms. The predicted octanol–water partition coefficient (Wildman–Crippen LogP) is 0.299.